The maximum Gasteiger partial charge on any atom is 0.291 e. The molecule has 1 heterocycles. The van der Waals surface area contributed by atoms with Gasteiger partial charge in [-0.05, 0) is 41.7 Å². The van der Waals surface area contributed by atoms with Crippen molar-refractivity contribution in [2.24, 2.45) is 5.73 Å². The molecule has 0 aliphatic rings. The maximum atomic E-state index is 13.9. The molecular weight excluding hydrogens is 470 g/mol. The smallest absolute Gasteiger partial charge is 0.291 e. The Balaban J connectivity index is 1.84. The van der Waals surface area contributed by atoms with E-state index in [1.807, 2.05) is 18.2 Å². The summed E-state index contributed by atoms with van der Waals surface area (Å²) < 4.78 is 27.8. The number of hydrogen-bond donors (Lipinski definition) is 4. The second kappa shape index (κ2) is 12.8. The number of hydrogen-bond acceptors (Lipinski definition) is 6. The first-order chi connectivity index (χ1) is 17.3. The SMILES string of the molecule is CCc1cccc(CNC[C@@H](O)[C@H](Cc2cc(F)cc(F)c2)N(CCC(N)=O)C(=O)c2ncn[nH]2)c1. The van der Waals surface area contributed by atoms with Crippen LogP contribution >= 0.6 is 0 Å². The van der Waals surface area contributed by atoms with Gasteiger partial charge in [0.1, 0.15) is 18.0 Å². The van der Waals surface area contributed by atoms with Crippen molar-refractivity contribution >= 4 is 11.8 Å². The van der Waals surface area contributed by atoms with Gasteiger partial charge in [-0.1, -0.05) is 31.2 Å². The molecule has 0 saturated carbocycles. The van der Waals surface area contributed by atoms with Crippen LogP contribution in [0.1, 0.15) is 40.7 Å². The van der Waals surface area contributed by atoms with E-state index in [0.29, 0.717) is 6.54 Å². The summed E-state index contributed by atoms with van der Waals surface area (Å²) in [4.78, 5) is 29.8. The number of halogens is 2. The third-order valence-corrected chi connectivity index (χ3v) is 5.77. The van der Waals surface area contributed by atoms with Gasteiger partial charge < -0.3 is 21.1 Å². The number of amides is 2. The minimum Gasteiger partial charge on any atom is -0.390 e. The number of nitrogens with zero attached hydrogens (tertiary/aromatic N) is 3. The molecule has 0 spiro atoms. The van der Waals surface area contributed by atoms with Crippen molar-refractivity contribution < 1.29 is 23.5 Å². The second-order valence-electron chi connectivity index (χ2n) is 8.47. The molecule has 0 fully saturated rings. The zero-order chi connectivity index (χ0) is 26.1. The van der Waals surface area contributed by atoms with Crippen molar-refractivity contribution in [1.82, 2.24) is 25.4 Å². The molecule has 11 heteroatoms. The predicted octanol–water partition coefficient (Wildman–Crippen LogP) is 1.72. The fourth-order valence-corrected chi connectivity index (χ4v) is 3.98. The Hall–Kier alpha value is -3.70. The van der Waals surface area contributed by atoms with Gasteiger partial charge in [0, 0.05) is 32.1 Å². The van der Waals surface area contributed by atoms with Gasteiger partial charge in [0.2, 0.25) is 11.7 Å². The van der Waals surface area contributed by atoms with E-state index in [1.54, 1.807) is 0 Å². The Morgan fingerprint density at radius 3 is 2.50 bits per heavy atom. The van der Waals surface area contributed by atoms with Crippen molar-refractivity contribution in [3.05, 3.63) is 82.9 Å². The third kappa shape index (κ3) is 7.65. The molecule has 36 heavy (non-hydrogen) atoms. The van der Waals surface area contributed by atoms with Crippen LogP contribution in [-0.2, 0) is 24.2 Å². The van der Waals surface area contributed by atoms with Crippen LogP contribution in [-0.4, -0.2) is 62.2 Å². The molecule has 1 aromatic heterocycles. The van der Waals surface area contributed by atoms with E-state index in [-0.39, 0.29) is 37.3 Å². The fourth-order valence-electron chi connectivity index (χ4n) is 3.98. The van der Waals surface area contributed by atoms with Gasteiger partial charge in [0.05, 0.1) is 12.1 Å². The zero-order valence-electron chi connectivity index (χ0n) is 20.0. The number of primary amides is 1. The van der Waals surface area contributed by atoms with Crippen molar-refractivity contribution in [3.63, 3.8) is 0 Å². The van der Waals surface area contributed by atoms with Crippen LogP contribution in [0, 0.1) is 11.6 Å². The average molecular weight is 501 g/mol. The lowest BCUT2D eigenvalue weighted by Gasteiger charge is -2.34. The first kappa shape index (κ1) is 26.9. The number of carbonyl (C=O) groups is 2. The highest BCUT2D eigenvalue weighted by molar-refractivity contribution is 5.91. The van der Waals surface area contributed by atoms with Crippen LogP contribution in [0.25, 0.3) is 0 Å². The van der Waals surface area contributed by atoms with E-state index in [4.69, 9.17) is 5.73 Å². The molecular formula is C25H30F2N6O3. The lowest BCUT2D eigenvalue weighted by molar-refractivity contribution is -0.118. The molecule has 0 aliphatic carbocycles. The molecule has 0 aliphatic heterocycles. The summed E-state index contributed by atoms with van der Waals surface area (Å²) in [6.07, 6.45) is 0.616. The summed E-state index contributed by atoms with van der Waals surface area (Å²) in [5, 5.41) is 20.5. The number of H-pyrrole nitrogens is 1. The number of carbonyl (C=O) groups excluding carboxylic acids is 2. The summed E-state index contributed by atoms with van der Waals surface area (Å²) in [7, 11) is 0. The van der Waals surface area contributed by atoms with Gasteiger partial charge in [-0.25, -0.2) is 13.8 Å². The number of aliphatic hydroxyl groups excluding tert-OH is 1. The molecule has 192 valence electrons. The Labute approximate surface area is 207 Å². The number of aliphatic hydroxyl groups is 1. The van der Waals surface area contributed by atoms with Crippen LogP contribution < -0.4 is 11.1 Å². The molecule has 2 atom stereocenters. The van der Waals surface area contributed by atoms with Crippen LogP contribution in [0.3, 0.4) is 0 Å². The fraction of sp³-hybridized carbons (Fsp3) is 0.360. The summed E-state index contributed by atoms with van der Waals surface area (Å²) >= 11 is 0. The summed E-state index contributed by atoms with van der Waals surface area (Å²) in [5.74, 6) is -2.95. The number of rotatable bonds is 13. The minimum absolute atomic E-state index is 0.0651. The molecule has 9 nitrogen and oxygen atoms in total. The Morgan fingerprint density at radius 1 is 1.14 bits per heavy atom. The Kier molecular flexibility index (Phi) is 9.60. The summed E-state index contributed by atoms with van der Waals surface area (Å²) in [6, 6.07) is 10.0. The quantitative estimate of drug-likeness (QED) is 0.282. The lowest BCUT2D eigenvalue weighted by Crippen LogP contribution is -2.52. The first-order valence-electron chi connectivity index (χ1n) is 11.6. The van der Waals surface area contributed by atoms with Crippen LogP contribution in [0.4, 0.5) is 8.78 Å². The zero-order valence-corrected chi connectivity index (χ0v) is 20.0. The average Bonchev–Trinajstić information content (AvgIpc) is 3.37. The van der Waals surface area contributed by atoms with E-state index in [2.05, 4.69) is 33.5 Å². The van der Waals surface area contributed by atoms with Gasteiger partial charge in [0.25, 0.3) is 5.91 Å². The number of aromatic amines is 1. The third-order valence-electron chi connectivity index (χ3n) is 5.77. The van der Waals surface area contributed by atoms with E-state index in [9.17, 15) is 23.5 Å². The largest absolute Gasteiger partial charge is 0.390 e. The molecule has 2 amide bonds. The van der Waals surface area contributed by atoms with Crippen molar-refractivity contribution in [2.75, 3.05) is 13.1 Å². The van der Waals surface area contributed by atoms with Gasteiger partial charge in [-0.3, -0.25) is 14.7 Å². The topological polar surface area (TPSA) is 137 Å². The molecule has 0 radical (unpaired) electrons. The second-order valence-corrected chi connectivity index (χ2v) is 8.47. The normalized spacial score (nSPS) is 12.8. The molecule has 0 unspecified atom stereocenters. The standard InChI is InChI=1S/C25H30F2N6O3/c1-2-16-4-3-5-17(8-16)13-29-14-22(34)21(11-18-9-19(26)12-20(27)10-18)33(7-6-23(28)35)25(36)24-30-15-31-32-24/h3-5,8-10,12,15,21-22,29,34H,2,6-7,11,13-14H2,1H3,(H2,28,35)(H,30,31,32)/t21-,22+/m0/s1. The van der Waals surface area contributed by atoms with Gasteiger partial charge in [0.15, 0.2) is 0 Å². The molecule has 3 rings (SSSR count). The van der Waals surface area contributed by atoms with Crippen LogP contribution in [0.15, 0.2) is 48.8 Å². The molecule has 0 saturated heterocycles. The Morgan fingerprint density at radius 2 is 1.86 bits per heavy atom. The maximum absolute atomic E-state index is 13.9. The molecule has 3 aromatic rings. The van der Waals surface area contributed by atoms with Gasteiger partial charge in [-0.2, -0.15) is 5.10 Å². The van der Waals surface area contributed by atoms with Gasteiger partial charge in [-0.15, -0.1) is 0 Å². The summed E-state index contributed by atoms with van der Waals surface area (Å²) in [5.41, 5.74) is 7.75. The number of nitrogens with one attached hydrogen (secondary N) is 2. The highest BCUT2D eigenvalue weighted by Crippen LogP contribution is 2.18. The van der Waals surface area contributed by atoms with E-state index >= 15 is 0 Å². The van der Waals surface area contributed by atoms with Crippen LogP contribution in [0.2, 0.25) is 0 Å². The van der Waals surface area contributed by atoms with Crippen molar-refractivity contribution in [3.8, 4) is 0 Å². The predicted molar refractivity (Wildman–Crippen MR) is 129 cm³/mol. The first-order valence-corrected chi connectivity index (χ1v) is 11.6. The number of nitrogens with two attached hydrogens (primary N) is 1. The minimum atomic E-state index is -1.16. The monoisotopic (exact) mass is 500 g/mol. The number of benzene rings is 2. The van der Waals surface area contributed by atoms with E-state index in [1.165, 1.54) is 10.5 Å². The summed E-state index contributed by atoms with van der Waals surface area (Å²) in [6.45, 7) is 2.45. The van der Waals surface area contributed by atoms with Crippen molar-refractivity contribution in [1.29, 1.82) is 0 Å². The Bertz CT molecular complexity index is 1140. The van der Waals surface area contributed by atoms with Crippen molar-refractivity contribution in [2.45, 2.75) is 44.9 Å². The molecule has 0 bridgehead atoms. The van der Waals surface area contributed by atoms with Gasteiger partial charge >= 0.3 is 0 Å². The van der Waals surface area contributed by atoms with E-state index < -0.39 is 35.6 Å². The molecule has 5 N–H and O–H groups in total. The number of aromatic nitrogens is 3. The van der Waals surface area contributed by atoms with E-state index in [0.717, 1.165) is 36.5 Å². The lowest BCUT2D eigenvalue weighted by atomic mass is 9.98. The molecule has 2 aromatic carbocycles. The number of aryl methyl sites for hydroxylation is 1. The highest BCUT2D eigenvalue weighted by Gasteiger charge is 2.32. The highest BCUT2D eigenvalue weighted by atomic mass is 19.1. The van der Waals surface area contributed by atoms with Crippen LogP contribution in [0.5, 0.6) is 0 Å².